The monoisotopic (exact) mass is 305 g/mol. The lowest BCUT2D eigenvalue weighted by Gasteiger charge is -2.31. The molecule has 1 aromatic carbocycles. The van der Waals surface area contributed by atoms with E-state index in [-0.39, 0.29) is 0 Å². The first-order valence-corrected chi connectivity index (χ1v) is 8.25. The molecular formula is C19H31NO2. The smallest absolute Gasteiger partial charge is 0.160 e. The summed E-state index contributed by atoms with van der Waals surface area (Å²) >= 11 is 0. The molecule has 3 nitrogen and oxygen atoms in total. The average Bonchev–Trinajstić information content (AvgIpc) is 2.54. The van der Waals surface area contributed by atoms with Crippen LogP contribution in [-0.2, 0) is 6.42 Å². The van der Waals surface area contributed by atoms with Crippen LogP contribution < -0.4 is 9.47 Å². The molecule has 1 rings (SSSR count). The highest BCUT2D eigenvalue weighted by Crippen LogP contribution is 2.28. The maximum absolute atomic E-state index is 5.42. The third kappa shape index (κ3) is 5.38. The van der Waals surface area contributed by atoms with Gasteiger partial charge in [-0.25, -0.2) is 0 Å². The van der Waals surface area contributed by atoms with Gasteiger partial charge < -0.3 is 9.47 Å². The first kappa shape index (κ1) is 18.6. The predicted molar refractivity (Wildman–Crippen MR) is 94.0 cm³/mol. The van der Waals surface area contributed by atoms with Crippen molar-refractivity contribution < 1.29 is 9.47 Å². The van der Waals surface area contributed by atoms with Crippen LogP contribution in [0, 0.1) is 0 Å². The van der Waals surface area contributed by atoms with Crippen LogP contribution in [-0.4, -0.2) is 38.3 Å². The highest BCUT2D eigenvalue weighted by atomic mass is 16.5. The number of hydrogen-bond acceptors (Lipinski definition) is 3. The van der Waals surface area contributed by atoms with Gasteiger partial charge in [0, 0.05) is 6.04 Å². The molecule has 0 heterocycles. The summed E-state index contributed by atoms with van der Waals surface area (Å²) in [4.78, 5) is 2.58. The highest BCUT2D eigenvalue weighted by molar-refractivity contribution is 5.43. The number of rotatable bonds is 11. The van der Waals surface area contributed by atoms with Crippen molar-refractivity contribution in [2.45, 2.75) is 45.6 Å². The van der Waals surface area contributed by atoms with E-state index < -0.39 is 0 Å². The molecule has 0 aliphatic rings. The molecule has 1 aromatic rings. The van der Waals surface area contributed by atoms with E-state index in [1.165, 1.54) is 18.4 Å². The first-order valence-electron chi connectivity index (χ1n) is 8.25. The van der Waals surface area contributed by atoms with Gasteiger partial charge in [-0.05, 0) is 56.5 Å². The number of hydrogen-bond donors (Lipinski definition) is 0. The van der Waals surface area contributed by atoms with Crippen LogP contribution in [0.3, 0.4) is 0 Å². The van der Waals surface area contributed by atoms with Crippen LogP contribution in [0.4, 0.5) is 0 Å². The molecule has 124 valence electrons. The Morgan fingerprint density at radius 3 is 2.23 bits per heavy atom. The standard InChI is InChI=1S/C19H31NO2/c1-6-9-17(20(12-7-2)13-8-3)14-16-10-11-18(21-4)19(15-16)22-5/h6,10-11,15,17H,1,7-9,12-14H2,2-5H3. The second-order valence-corrected chi connectivity index (χ2v) is 5.61. The minimum Gasteiger partial charge on any atom is -0.493 e. The Morgan fingerprint density at radius 2 is 1.73 bits per heavy atom. The maximum atomic E-state index is 5.42. The van der Waals surface area contributed by atoms with Gasteiger partial charge >= 0.3 is 0 Å². The molecule has 0 aliphatic heterocycles. The van der Waals surface area contributed by atoms with Gasteiger partial charge in [0.05, 0.1) is 14.2 Å². The van der Waals surface area contributed by atoms with E-state index >= 15 is 0 Å². The van der Waals surface area contributed by atoms with Crippen molar-refractivity contribution in [1.29, 1.82) is 0 Å². The molecule has 3 heteroatoms. The normalized spacial score (nSPS) is 12.2. The van der Waals surface area contributed by atoms with E-state index in [0.29, 0.717) is 6.04 Å². The number of benzene rings is 1. The quantitative estimate of drug-likeness (QED) is 0.569. The average molecular weight is 305 g/mol. The van der Waals surface area contributed by atoms with Crippen LogP contribution in [0.15, 0.2) is 30.9 Å². The molecule has 0 radical (unpaired) electrons. The fourth-order valence-corrected chi connectivity index (χ4v) is 2.88. The number of nitrogens with zero attached hydrogens (tertiary/aromatic N) is 1. The van der Waals surface area contributed by atoms with Gasteiger partial charge in [-0.15, -0.1) is 6.58 Å². The third-order valence-corrected chi connectivity index (χ3v) is 3.90. The van der Waals surface area contributed by atoms with Gasteiger partial charge in [-0.1, -0.05) is 26.0 Å². The topological polar surface area (TPSA) is 21.7 Å². The van der Waals surface area contributed by atoms with Crippen molar-refractivity contribution in [3.63, 3.8) is 0 Å². The molecule has 0 bridgehead atoms. The van der Waals surface area contributed by atoms with Gasteiger partial charge in [0.15, 0.2) is 11.5 Å². The second kappa shape index (κ2) is 10.3. The highest BCUT2D eigenvalue weighted by Gasteiger charge is 2.17. The second-order valence-electron chi connectivity index (χ2n) is 5.61. The lowest BCUT2D eigenvalue weighted by molar-refractivity contribution is 0.195. The molecular weight excluding hydrogens is 274 g/mol. The molecule has 0 amide bonds. The zero-order valence-electron chi connectivity index (χ0n) is 14.6. The van der Waals surface area contributed by atoms with Gasteiger partial charge in [-0.2, -0.15) is 0 Å². The molecule has 0 fully saturated rings. The van der Waals surface area contributed by atoms with Gasteiger partial charge in [-0.3, -0.25) is 4.90 Å². The van der Waals surface area contributed by atoms with Crippen molar-refractivity contribution >= 4 is 0 Å². The minimum absolute atomic E-state index is 0.496. The molecule has 1 unspecified atom stereocenters. The van der Waals surface area contributed by atoms with E-state index in [0.717, 1.165) is 37.4 Å². The SMILES string of the molecule is C=CCC(Cc1ccc(OC)c(OC)c1)N(CCC)CCC. The lowest BCUT2D eigenvalue weighted by Crippen LogP contribution is -2.37. The summed E-state index contributed by atoms with van der Waals surface area (Å²) in [6, 6.07) is 6.71. The van der Waals surface area contributed by atoms with E-state index in [9.17, 15) is 0 Å². The summed E-state index contributed by atoms with van der Waals surface area (Å²) in [5.41, 5.74) is 1.28. The minimum atomic E-state index is 0.496. The Kier molecular flexibility index (Phi) is 8.68. The van der Waals surface area contributed by atoms with Crippen molar-refractivity contribution in [2.75, 3.05) is 27.3 Å². The van der Waals surface area contributed by atoms with E-state index in [4.69, 9.17) is 9.47 Å². The fraction of sp³-hybridized carbons (Fsp3) is 0.579. The molecule has 0 saturated carbocycles. The summed E-state index contributed by atoms with van der Waals surface area (Å²) in [6.07, 6.45) is 6.41. The number of methoxy groups -OCH3 is 2. The molecule has 0 aromatic heterocycles. The summed E-state index contributed by atoms with van der Waals surface area (Å²) < 4.78 is 10.7. The van der Waals surface area contributed by atoms with E-state index in [1.807, 2.05) is 12.1 Å². The van der Waals surface area contributed by atoms with E-state index in [2.05, 4.69) is 37.5 Å². The summed E-state index contributed by atoms with van der Waals surface area (Å²) in [6.45, 7) is 10.7. The summed E-state index contributed by atoms with van der Waals surface area (Å²) in [7, 11) is 3.35. The van der Waals surface area contributed by atoms with Crippen LogP contribution in [0.2, 0.25) is 0 Å². The first-order chi connectivity index (χ1) is 10.7. The third-order valence-electron chi connectivity index (χ3n) is 3.90. The van der Waals surface area contributed by atoms with Gasteiger partial charge in [0.2, 0.25) is 0 Å². The summed E-state index contributed by atoms with van der Waals surface area (Å²) in [5.74, 6) is 1.58. The maximum Gasteiger partial charge on any atom is 0.160 e. The summed E-state index contributed by atoms with van der Waals surface area (Å²) in [5, 5.41) is 0. The zero-order valence-corrected chi connectivity index (χ0v) is 14.6. The molecule has 0 saturated heterocycles. The molecule has 0 aliphatic carbocycles. The Balaban J connectivity index is 2.91. The van der Waals surface area contributed by atoms with Crippen LogP contribution in [0.5, 0.6) is 11.5 Å². The molecule has 0 spiro atoms. The van der Waals surface area contributed by atoms with Gasteiger partial charge in [0.1, 0.15) is 0 Å². The van der Waals surface area contributed by atoms with Crippen molar-refractivity contribution in [1.82, 2.24) is 4.90 Å². The van der Waals surface area contributed by atoms with Crippen LogP contribution in [0.1, 0.15) is 38.7 Å². The lowest BCUT2D eigenvalue weighted by atomic mass is 10.0. The van der Waals surface area contributed by atoms with Crippen molar-refractivity contribution in [3.8, 4) is 11.5 Å². The Labute approximate surface area is 135 Å². The molecule has 1 atom stereocenters. The Bertz CT molecular complexity index is 439. The molecule has 0 N–H and O–H groups in total. The van der Waals surface area contributed by atoms with Crippen molar-refractivity contribution in [3.05, 3.63) is 36.4 Å². The molecule has 22 heavy (non-hydrogen) atoms. The zero-order chi connectivity index (χ0) is 16.4. The van der Waals surface area contributed by atoms with Crippen LogP contribution in [0.25, 0.3) is 0 Å². The van der Waals surface area contributed by atoms with Crippen LogP contribution >= 0.6 is 0 Å². The predicted octanol–water partition coefficient (Wildman–Crippen LogP) is 4.31. The van der Waals surface area contributed by atoms with Crippen molar-refractivity contribution in [2.24, 2.45) is 0 Å². The fourth-order valence-electron chi connectivity index (χ4n) is 2.88. The Morgan fingerprint density at radius 1 is 1.09 bits per heavy atom. The number of ether oxygens (including phenoxy) is 2. The van der Waals surface area contributed by atoms with E-state index in [1.54, 1.807) is 14.2 Å². The largest absolute Gasteiger partial charge is 0.493 e. The van der Waals surface area contributed by atoms with Gasteiger partial charge in [0.25, 0.3) is 0 Å². The Hall–Kier alpha value is -1.48.